The molecule has 0 bridgehead atoms. The van der Waals surface area contributed by atoms with Crippen molar-refractivity contribution in [2.75, 3.05) is 17.2 Å². The van der Waals surface area contributed by atoms with Crippen molar-refractivity contribution in [3.63, 3.8) is 0 Å². The number of thiocarbonyl (C=S) groups is 1. The lowest BCUT2D eigenvalue weighted by Crippen LogP contribution is -2.32. The van der Waals surface area contributed by atoms with E-state index in [9.17, 15) is 13.2 Å². The van der Waals surface area contributed by atoms with Crippen LogP contribution in [0.1, 0.15) is 0 Å². The van der Waals surface area contributed by atoms with Crippen molar-refractivity contribution in [2.45, 2.75) is 0 Å². The summed E-state index contributed by atoms with van der Waals surface area (Å²) in [4.78, 5) is 13.6. The number of carbonyl (C=O) groups excluding carboxylic acids is 1. The Morgan fingerprint density at radius 1 is 1.14 bits per heavy atom. The standard InChI is InChI=1S/C14H13NO4S2/c16-12-6-7-14(20)13(10-12)15(8-9-21(17,18)19)11-4-2-1-3-5-11/h1-7,10H,8-9H2,(H,17,18,19). The molecule has 0 unspecified atom stereocenters. The fraction of sp³-hybridized carbons (Fsp3) is 0.143. The number of allylic oxidation sites excluding steroid dienone is 3. The predicted octanol–water partition coefficient (Wildman–Crippen LogP) is 1.77. The van der Waals surface area contributed by atoms with Crippen LogP contribution in [0.15, 0.2) is 54.3 Å². The van der Waals surface area contributed by atoms with Gasteiger partial charge in [0.25, 0.3) is 10.1 Å². The van der Waals surface area contributed by atoms with Crippen molar-refractivity contribution in [1.82, 2.24) is 0 Å². The van der Waals surface area contributed by atoms with Gasteiger partial charge in [-0.2, -0.15) is 8.42 Å². The molecule has 0 saturated heterocycles. The number of para-hydroxylation sites is 1. The van der Waals surface area contributed by atoms with Crippen molar-refractivity contribution in [2.24, 2.45) is 0 Å². The molecule has 0 atom stereocenters. The van der Waals surface area contributed by atoms with E-state index in [0.717, 1.165) is 0 Å². The Morgan fingerprint density at radius 3 is 2.43 bits per heavy atom. The third-order valence-electron chi connectivity index (χ3n) is 2.86. The lowest BCUT2D eigenvalue weighted by Gasteiger charge is -2.27. The van der Waals surface area contributed by atoms with Gasteiger partial charge in [-0.3, -0.25) is 9.35 Å². The Balaban J connectivity index is 2.37. The topological polar surface area (TPSA) is 74.7 Å². The zero-order valence-electron chi connectivity index (χ0n) is 11.0. The third kappa shape index (κ3) is 4.32. The second kappa shape index (κ2) is 6.30. The van der Waals surface area contributed by atoms with Crippen LogP contribution in [0.2, 0.25) is 0 Å². The summed E-state index contributed by atoms with van der Waals surface area (Å²) < 4.78 is 30.9. The highest BCUT2D eigenvalue weighted by molar-refractivity contribution is 7.85. The summed E-state index contributed by atoms with van der Waals surface area (Å²) in [6, 6.07) is 8.95. The fourth-order valence-electron chi connectivity index (χ4n) is 1.91. The van der Waals surface area contributed by atoms with E-state index in [0.29, 0.717) is 16.2 Å². The van der Waals surface area contributed by atoms with Gasteiger partial charge in [-0.1, -0.05) is 30.4 Å². The predicted molar refractivity (Wildman–Crippen MR) is 85.0 cm³/mol. The largest absolute Gasteiger partial charge is 0.339 e. The molecule has 0 aromatic heterocycles. The Kier molecular flexibility index (Phi) is 4.66. The first kappa shape index (κ1) is 15.6. The monoisotopic (exact) mass is 323 g/mol. The van der Waals surface area contributed by atoms with Crippen LogP contribution in [0.5, 0.6) is 0 Å². The maximum absolute atomic E-state index is 11.5. The average molecular weight is 323 g/mol. The zero-order valence-corrected chi connectivity index (χ0v) is 12.6. The number of rotatable bonds is 5. The number of hydrogen-bond acceptors (Lipinski definition) is 5. The second-order valence-corrected chi connectivity index (χ2v) is 6.41. The molecule has 5 nitrogen and oxygen atoms in total. The molecular weight excluding hydrogens is 310 g/mol. The van der Waals surface area contributed by atoms with Gasteiger partial charge >= 0.3 is 0 Å². The highest BCUT2D eigenvalue weighted by Crippen LogP contribution is 2.22. The minimum atomic E-state index is -4.11. The molecule has 1 aromatic carbocycles. The molecule has 0 aliphatic heterocycles. The fourth-order valence-corrected chi connectivity index (χ4v) is 2.56. The maximum Gasteiger partial charge on any atom is 0.266 e. The van der Waals surface area contributed by atoms with Crippen LogP contribution in [0.4, 0.5) is 5.69 Å². The zero-order chi connectivity index (χ0) is 15.5. The molecule has 0 fully saturated rings. The number of nitrogens with zero attached hydrogens (tertiary/aromatic N) is 1. The van der Waals surface area contributed by atoms with E-state index in [-0.39, 0.29) is 12.3 Å². The van der Waals surface area contributed by atoms with E-state index >= 15 is 0 Å². The van der Waals surface area contributed by atoms with Crippen LogP contribution in [0.25, 0.3) is 0 Å². The van der Waals surface area contributed by atoms with Gasteiger partial charge in [0, 0.05) is 18.3 Å². The number of carbonyl (C=O) groups is 1. The molecule has 1 aromatic rings. The van der Waals surface area contributed by atoms with Crippen LogP contribution in [0.3, 0.4) is 0 Å². The highest BCUT2D eigenvalue weighted by Gasteiger charge is 2.20. The molecule has 0 spiro atoms. The van der Waals surface area contributed by atoms with Crippen LogP contribution < -0.4 is 4.90 Å². The summed E-state index contributed by atoms with van der Waals surface area (Å²) in [6.45, 7) is -0.00403. The molecule has 2 rings (SSSR count). The molecule has 0 heterocycles. The molecule has 0 saturated carbocycles. The van der Waals surface area contributed by atoms with Gasteiger partial charge in [-0.15, -0.1) is 0 Å². The first-order chi connectivity index (χ1) is 9.87. The molecule has 21 heavy (non-hydrogen) atoms. The van der Waals surface area contributed by atoms with E-state index < -0.39 is 15.9 Å². The van der Waals surface area contributed by atoms with E-state index in [1.165, 1.54) is 18.2 Å². The smallest absolute Gasteiger partial charge is 0.266 e. The third-order valence-corrected chi connectivity index (χ3v) is 3.91. The number of anilines is 1. The average Bonchev–Trinajstić information content (AvgIpc) is 2.43. The van der Waals surface area contributed by atoms with Gasteiger partial charge < -0.3 is 4.90 Å². The van der Waals surface area contributed by atoms with E-state index in [1.54, 1.807) is 29.2 Å². The summed E-state index contributed by atoms with van der Waals surface area (Å²) in [5.41, 5.74) is 1.14. The molecule has 0 radical (unpaired) electrons. The normalized spacial score (nSPS) is 15.0. The lowest BCUT2D eigenvalue weighted by atomic mass is 10.1. The maximum atomic E-state index is 11.5. The van der Waals surface area contributed by atoms with Gasteiger partial charge in [0.2, 0.25) is 0 Å². The Hall–Kier alpha value is -1.83. The minimum Gasteiger partial charge on any atom is -0.339 e. The van der Waals surface area contributed by atoms with Gasteiger partial charge in [0.1, 0.15) is 0 Å². The van der Waals surface area contributed by atoms with E-state index in [4.69, 9.17) is 16.8 Å². The molecule has 110 valence electrons. The van der Waals surface area contributed by atoms with Crippen LogP contribution in [-0.2, 0) is 14.9 Å². The summed E-state index contributed by atoms with van der Waals surface area (Å²) >= 11 is 5.20. The number of benzene rings is 1. The summed E-state index contributed by atoms with van der Waals surface area (Å²) in [5, 5.41) is 0. The van der Waals surface area contributed by atoms with Crippen LogP contribution in [0, 0.1) is 0 Å². The van der Waals surface area contributed by atoms with E-state index in [1.807, 2.05) is 6.07 Å². The van der Waals surface area contributed by atoms with Gasteiger partial charge in [0.15, 0.2) is 5.78 Å². The van der Waals surface area contributed by atoms with Gasteiger partial charge in [-0.25, -0.2) is 0 Å². The Bertz CT molecular complexity index is 721. The van der Waals surface area contributed by atoms with Crippen molar-refractivity contribution in [3.8, 4) is 0 Å². The van der Waals surface area contributed by atoms with Crippen LogP contribution >= 0.6 is 12.2 Å². The number of hydrogen-bond donors (Lipinski definition) is 1. The van der Waals surface area contributed by atoms with Crippen molar-refractivity contribution in [1.29, 1.82) is 0 Å². The molecule has 1 aliphatic rings. The van der Waals surface area contributed by atoms with E-state index in [2.05, 4.69) is 0 Å². The molecular formula is C14H13NO4S2. The Morgan fingerprint density at radius 2 is 1.81 bits per heavy atom. The Labute approximate surface area is 128 Å². The highest BCUT2D eigenvalue weighted by atomic mass is 32.2. The summed E-state index contributed by atoms with van der Waals surface area (Å²) in [5.74, 6) is -0.675. The van der Waals surface area contributed by atoms with Crippen molar-refractivity contribution in [3.05, 3.63) is 54.3 Å². The molecule has 0 amide bonds. The van der Waals surface area contributed by atoms with Crippen molar-refractivity contribution < 1.29 is 17.8 Å². The minimum absolute atomic E-state index is 0.00403. The van der Waals surface area contributed by atoms with Gasteiger partial charge in [0.05, 0.1) is 16.3 Å². The summed E-state index contributed by atoms with van der Waals surface area (Å²) in [7, 11) is -4.11. The quantitative estimate of drug-likeness (QED) is 0.657. The van der Waals surface area contributed by atoms with Crippen molar-refractivity contribution >= 4 is 38.7 Å². The molecule has 1 aliphatic carbocycles. The number of ketones is 1. The SMILES string of the molecule is O=C1C=CC(=S)C(N(CCS(=O)(=O)O)c2ccccc2)=C1. The first-order valence-corrected chi connectivity index (χ1v) is 8.14. The first-order valence-electron chi connectivity index (χ1n) is 6.12. The second-order valence-electron chi connectivity index (χ2n) is 4.40. The summed E-state index contributed by atoms with van der Waals surface area (Å²) in [6.07, 6.45) is 4.23. The van der Waals surface area contributed by atoms with Crippen LogP contribution in [-0.4, -0.2) is 35.9 Å². The molecule has 7 heteroatoms. The lowest BCUT2D eigenvalue weighted by molar-refractivity contribution is -0.110. The molecule has 1 N–H and O–H groups in total. The van der Waals surface area contributed by atoms with Gasteiger partial charge in [-0.05, 0) is 24.3 Å².